The molecule has 2 rings (SSSR count). The zero-order valence-corrected chi connectivity index (χ0v) is 14.8. The van der Waals surface area contributed by atoms with E-state index in [1.165, 1.54) is 0 Å². The van der Waals surface area contributed by atoms with E-state index in [1.54, 1.807) is 55.5 Å². The monoisotopic (exact) mass is 354 g/mol. The van der Waals surface area contributed by atoms with E-state index in [0.717, 1.165) is 6.42 Å². The molecule has 0 bridgehead atoms. The molecule has 0 atom stereocenters. The average Bonchev–Trinajstić information content (AvgIpc) is 2.65. The van der Waals surface area contributed by atoms with Crippen LogP contribution in [0.1, 0.15) is 30.1 Å². The Morgan fingerprint density at radius 1 is 0.885 bits per heavy atom. The second-order valence-corrected chi connectivity index (χ2v) is 5.70. The number of carbonyl (C=O) groups is 2. The van der Waals surface area contributed by atoms with Crippen LogP contribution in [0.25, 0.3) is 0 Å². The molecular formula is C21H22O5. The maximum atomic E-state index is 12.0. The van der Waals surface area contributed by atoms with Crippen molar-refractivity contribution in [1.82, 2.24) is 0 Å². The van der Waals surface area contributed by atoms with Crippen LogP contribution in [0.4, 0.5) is 0 Å². The molecule has 2 aromatic rings. The third-order valence-corrected chi connectivity index (χ3v) is 3.43. The summed E-state index contributed by atoms with van der Waals surface area (Å²) >= 11 is 0. The van der Waals surface area contributed by atoms with Gasteiger partial charge in [-0.05, 0) is 56.2 Å². The fraction of sp³-hybridized carbons (Fsp3) is 0.238. The Morgan fingerprint density at radius 2 is 1.54 bits per heavy atom. The van der Waals surface area contributed by atoms with Gasteiger partial charge in [0.2, 0.25) is 0 Å². The zero-order valence-electron chi connectivity index (χ0n) is 14.8. The minimum atomic E-state index is -0.415. The van der Waals surface area contributed by atoms with E-state index in [9.17, 15) is 9.59 Å². The van der Waals surface area contributed by atoms with Gasteiger partial charge in [-0.3, -0.25) is 0 Å². The van der Waals surface area contributed by atoms with Crippen LogP contribution in [-0.2, 0) is 9.53 Å². The van der Waals surface area contributed by atoms with E-state index in [2.05, 4.69) is 6.58 Å². The topological polar surface area (TPSA) is 61.8 Å². The second kappa shape index (κ2) is 10.0. The number of hydrogen-bond donors (Lipinski definition) is 0. The van der Waals surface area contributed by atoms with Crippen molar-refractivity contribution < 1.29 is 23.8 Å². The summed E-state index contributed by atoms with van der Waals surface area (Å²) in [7, 11) is 0. The zero-order chi connectivity index (χ0) is 18.8. The number of hydrogen-bond acceptors (Lipinski definition) is 5. The summed E-state index contributed by atoms with van der Waals surface area (Å²) in [6.07, 6.45) is 1.46. The van der Waals surface area contributed by atoms with Crippen LogP contribution in [-0.4, -0.2) is 25.2 Å². The normalized spacial score (nSPS) is 10.0. The van der Waals surface area contributed by atoms with Crippen molar-refractivity contribution in [3.05, 3.63) is 72.3 Å². The number of ether oxygens (including phenoxy) is 3. The number of para-hydroxylation sites is 1. The third kappa shape index (κ3) is 6.43. The predicted molar refractivity (Wildman–Crippen MR) is 98.3 cm³/mol. The Kier molecular flexibility index (Phi) is 7.43. The van der Waals surface area contributed by atoms with Gasteiger partial charge in [0.15, 0.2) is 0 Å². The highest BCUT2D eigenvalue weighted by Crippen LogP contribution is 2.16. The Bertz CT molecular complexity index is 735. The Hall–Kier alpha value is -3.08. The van der Waals surface area contributed by atoms with E-state index in [0.29, 0.717) is 42.3 Å². The van der Waals surface area contributed by atoms with Crippen LogP contribution in [0.3, 0.4) is 0 Å². The van der Waals surface area contributed by atoms with Gasteiger partial charge in [0.1, 0.15) is 11.5 Å². The molecule has 0 aliphatic heterocycles. The van der Waals surface area contributed by atoms with Crippen LogP contribution in [0, 0.1) is 0 Å². The Labute approximate surface area is 153 Å². The largest absolute Gasteiger partial charge is 0.494 e. The molecule has 0 aromatic heterocycles. The first-order chi connectivity index (χ1) is 12.6. The van der Waals surface area contributed by atoms with Crippen molar-refractivity contribution in [2.75, 3.05) is 13.2 Å². The molecule has 0 aliphatic rings. The summed E-state index contributed by atoms with van der Waals surface area (Å²) in [6.45, 7) is 5.98. The van der Waals surface area contributed by atoms with Gasteiger partial charge in [0.25, 0.3) is 0 Å². The number of benzene rings is 2. The first-order valence-corrected chi connectivity index (χ1v) is 8.39. The van der Waals surface area contributed by atoms with Crippen LogP contribution >= 0.6 is 0 Å². The highest BCUT2D eigenvalue weighted by atomic mass is 16.5. The lowest BCUT2D eigenvalue weighted by Gasteiger charge is -2.08. The van der Waals surface area contributed by atoms with Crippen molar-refractivity contribution in [3.8, 4) is 11.5 Å². The SMILES string of the molecule is C=C(C)C(=O)OCCCCOc1ccc(C(=O)Oc2ccccc2)cc1. The molecule has 2 aromatic carbocycles. The highest BCUT2D eigenvalue weighted by molar-refractivity contribution is 5.91. The van der Waals surface area contributed by atoms with Gasteiger partial charge < -0.3 is 14.2 Å². The number of carbonyl (C=O) groups excluding carboxylic acids is 2. The Morgan fingerprint density at radius 3 is 2.19 bits per heavy atom. The van der Waals surface area contributed by atoms with Crippen molar-refractivity contribution >= 4 is 11.9 Å². The second-order valence-electron chi connectivity index (χ2n) is 5.70. The molecule has 0 saturated heterocycles. The predicted octanol–water partition coefficient (Wildman–Crippen LogP) is 4.18. The van der Waals surface area contributed by atoms with Gasteiger partial charge in [-0.25, -0.2) is 9.59 Å². The van der Waals surface area contributed by atoms with E-state index in [4.69, 9.17) is 14.2 Å². The molecule has 0 fully saturated rings. The fourth-order valence-corrected chi connectivity index (χ4v) is 2.02. The van der Waals surface area contributed by atoms with Gasteiger partial charge in [0, 0.05) is 5.57 Å². The molecular weight excluding hydrogens is 332 g/mol. The molecule has 0 N–H and O–H groups in total. The molecule has 0 heterocycles. The maximum Gasteiger partial charge on any atom is 0.343 e. The molecule has 5 nitrogen and oxygen atoms in total. The van der Waals surface area contributed by atoms with E-state index < -0.39 is 5.97 Å². The molecule has 0 saturated carbocycles. The molecule has 0 radical (unpaired) electrons. The van der Waals surface area contributed by atoms with Gasteiger partial charge in [0.05, 0.1) is 18.8 Å². The first-order valence-electron chi connectivity index (χ1n) is 8.39. The first kappa shape index (κ1) is 19.2. The minimum Gasteiger partial charge on any atom is -0.494 e. The van der Waals surface area contributed by atoms with Crippen LogP contribution < -0.4 is 9.47 Å². The van der Waals surface area contributed by atoms with Crippen LogP contribution in [0.5, 0.6) is 11.5 Å². The Balaban J connectivity index is 1.69. The average molecular weight is 354 g/mol. The number of esters is 2. The molecule has 26 heavy (non-hydrogen) atoms. The maximum absolute atomic E-state index is 12.0. The summed E-state index contributed by atoms with van der Waals surface area (Å²) in [4.78, 5) is 23.3. The van der Waals surface area contributed by atoms with Crippen molar-refractivity contribution in [1.29, 1.82) is 0 Å². The smallest absolute Gasteiger partial charge is 0.343 e. The van der Waals surface area contributed by atoms with Gasteiger partial charge in [-0.2, -0.15) is 0 Å². The molecule has 136 valence electrons. The molecule has 0 spiro atoms. The molecule has 0 aliphatic carbocycles. The van der Waals surface area contributed by atoms with Crippen LogP contribution in [0.2, 0.25) is 0 Å². The van der Waals surface area contributed by atoms with Crippen molar-refractivity contribution in [2.45, 2.75) is 19.8 Å². The molecule has 5 heteroatoms. The molecule has 0 amide bonds. The fourth-order valence-electron chi connectivity index (χ4n) is 2.02. The van der Waals surface area contributed by atoms with Gasteiger partial charge in [-0.15, -0.1) is 0 Å². The summed E-state index contributed by atoms with van der Waals surface area (Å²) in [6, 6.07) is 15.7. The summed E-state index contributed by atoms with van der Waals surface area (Å²) in [5.74, 6) is 0.386. The van der Waals surface area contributed by atoms with E-state index >= 15 is 0 Å². The summed E-state index contributed by atoms with van der Waals surface area (Å²) in [5, 5.41) is 0. The summed E-state index contributed by atoms with van der Waals surface area (Å²) in [5.41, 5.74) is 0.847. The minimum absolute atomic E-state index is 0.347. The lowest BCUT2D eigenvalue weighted by molar-refractivity contribution is -0.139. The molecule has 0 unspecified atom stereocenters. The number of rotatable bonds is 9. The van der Waals surface area contributed by atoms with E-state index in [1.807, 2.05) is 6.07 Å². The summed E-state index contributed by atoms with van der Waals surface area (Å²) < 4.78 is 15.9. The quantitative estimate of drug-likeness (QED) is 0.292. The van der Waals surface area contributed by atoms with Crippen LogP contribution in [0.15, 0.2) is 66.7 Å². The lowest BCUT2D eigenvalue weighted by atomic mass is 10.2. The van der Waals surface area contributed by atoms with E-state index in [-0.39, 0.29) is 5.97 Å². The lowest BCUT2D eigenvalue weighted by Crippen LogP contribution is -2.08. The van der Waals surface area contributed by atoms with Crippen molar-refractivity contribution in [3.63, 3.8) is 0 Å². The third-order valence-electron chi connectivity index (χ3n) is 3.43. The van der Waals surface area contributed by atoms with Gasteiger partial charge in [-0.1, -0.05) is 24.8 Å². The standard InChI is InChI=1S/C21H22O5/c1-16(2)20(22)25-15-7-6-14-24-18-12-10-17(11-13-18)21(23)26-19-8-4-3-5-9-19/h3-5,8-13H,1,6-7,14-15H2,2H3. The van der Waals surface area contributed by atoms with Crippen molar-refractivity contribution in [2.24, 2.45) is 0 Å². The number of unbranched alkanes of at least 4 members (excludes halogenated alkanes) is 1. The van der Waals surface area contributed by atoms with Gasteiger partial charge >= 0.3 is 11.9 Å². The highest BCUT2D eigenvalue weighted by Gasteiger charge is 2.08.